The molecule has 4 heteroatoms. The fraction of sp³-hybridized carbons (Fsp3) is 0.533. The number of hydrogen-bond acceptors (Lipinski definition) is 3. The molecule has 2 fully saturated rings. The van der Waals surface area contributed by atoms with Crippen molar-refractivity contribution in [2.75, 3.05) is 26.2 Å². The van der Waals surface area contributed by atoms with Crippen molar-refractivity contribution >= 4 is 0 Å². The van der Waals surface area contributed by atoms with Crippen molar-refractivity contribution in [3.05, 3.63) is 35.1 Å². The normalized spacial score (nSPS) is 24.1. The third-order valence-electron chi connectivity index (χ3n) is 4.23. The van der Waals surface area contributed by atoms with Crippen LogP contribution in [0.15, 0.2) is 18.2 Å². The van der Waals surface area contributed by atoms with E-state index in [1.807, 2.05) is 6.07 Å². The summed E-state index contributed by atoms with van der Waals surface area (Å²) >= 11 is 0. The highest BCUT2D eigenvalue weighted by Gasteiger charge is 2.30. The van der Waals surface area contributed by atoms with E-state index in [9.17, 15) is 4.39 Å². The molecule has 0 saturated carbocycles. The monoisotopic (exact) mass is 259 g/mol. The molecular formula is C15H18FN3. The van der Waals surface area contributed by atoms with E-state index in [-0.39, 0.29) is 5.56 Å². The minimum absolute atomic E-state index is 0.150. The molecule has 2 aliphatic heterocycles. The molecule has 100 valence electrons. The van der Waals surface area contributed by atoms with E-state index in [1.165, 1.54) is 25.5 Å². The number of nitriles is 1. The smallest absolute Gasteiger partial charge is 0.140 e. The second-order valence-corrected chi connectivity index (χ2v) is 5.49. The molecular weight excluding hydrogens is 241 g/mol. The van der Waals surface area contributed by atoms with Crippen LogP contribution in [0.3, 0.4) is 0 Å². The Balaban J connectivity index is 1.67. The molecule has 1 aromatic rings. The standard InChI is InChI=1S/C15H18FN3/c16-15-4-3-12(8-13(15)9-17)10-18-6-7-19-5-1-2-14(19)11-18/h3-4,8,14H,1-2,5-7,10-11H2. The van der Waals surface area contributed by atoms with Crippen LogP contribution in [0.2, 0.25) is 0 Å². The lowest BCUT2D eigenvalue weighted by molar-refractivity contribution is 0.0993. The quantitative estimate of drug-likeness (QED) is 0.813. The fourth-order valence-corrected chi connectivity index (χ4v) is 3.21. The maximum Gasteiger partial charge on any atom is 0.140 e. The van der Waals surface area contributed by atoms with Crippen molar-refractivity contribution in [2.24, 2.45) is 0 Å². The van der Waals surface area contributed by atoms with Crippen molar-refractivity contribution in [3.63, 3.8) is 0 Å². The molecule has 19 heavy (non-hydrogen) atoms. The first-order chi connectivity index (χ1) is 9.26. The topological polar surface area (TPSA) is 30.3 Å². The SMILES string of the molecule is N#Cc1cc(CN2CCN3CCCC3C2)ccc1F. The van der Waals surface area contributed by atoms with Gasteiger partial charge in [0.05, 0.1) is 5.56 Å². The molecule has 2 saturated heterocycles. The van der Waals surface area contributed by atoms with Crippen molar-refractivity contribution in [1.29, 1.82) is 5.26 Å². The summed E-state index contributed by atoms with van der Waals surface area (Å²) in [6.07, 6.45) is 2.61. The molecule has 0 N–H and O–H groups in total. The maximum absolute atomic E-state index is 13.3. The molecule has 0 amide bonds. The third-order valence-corrected chi connectivity index (χ3v) is 4.23. The van der Waals surface area contributed by atoms with E-state index in [4.69, 9.17) is 5.26 Å². The van der Waals surface area contributed by atoms with Crippen LogP contribution >= 0.6 is 0 Å². The highest BCUT2D eigenvalue weighted by molar-refractivity contribution is 5.34. The van der Waals surface area contributed by atoms with Gasteiger partial charge >= 0.3 is 0 Å². The molecule has 0 spiro atoms. The molecule has 0 aromatic heterocycles. The largest absolute Gasteiger partial charge is 0.298 e. The lowest BCUT2D eigenvalue weighted by Crippen LogP contribution is -2.49. The molecule has 1 aromatic carbocycles. The fourth-order valence-electron chi connectivity index (χ4n) is 3.21. The van der Waals surface area contributed by atoms with Gasteiger partial charge in [0.1, 0.15) is 11.9 Å². The maximum atomic E-state index is 13.3. The summed E-state index contributed by atoms with van der Waals surface area (Å²) < 4.78 is 13.3. The van der Waals surface area contributed by atoms with Crippen molar-refractivity contribution < 1.29 is 4.39 Å². The van der Waals surface area contributed by atoms with Gasteiger partial charge in [0.15, 0.2) is 0 Å². The van der Waals surface area contributed by atoms with E-state index in [2.05, 4.69) is 9.80 Å². The third kappa shape index (κ3) is 2.63. The van der Waals surface area contributed by atoms with Crippen LogP contribution in [0, 0.1) is 17.1 Å². The van der Waals surface area contributed by atoms with Crippen LogP contribution in [-0.4, -0.2) is 42.0 Å². The second kappa shape index (κ2) is 5.28. The molecule has 0 radical (unpaired) electrons. The predicted molar refractivity (Wildman–Crippen MR) is 71.0 cm³/mol. The van der Waals surface area contributed by atoms with Gasteiger partial charge in [-0.15, -0.1) is 0 Å². The summed E-state index contributed by atoms with van der Waals surface area (Å²) in [5.74, 6) is -0.424. The Bertz CT molecular complexity index is 509. The van der Waals surface area contributed by atoms with Crippen molar-refractivity contribution in [2.45, 2.75) is 25.4 Å². The zero-order valence-electron chi connectivity index (χ0n) is 11.0. The summed E-state index contributed by atoms with van der Waals surface area (Å²) in [6.45, 7) is 5.36. The summed E-state index contributed by atoms with van der Waals surface area (Å²) in [5.41, 5.74) is 1.18. The van der Waals surface area contributed by atoms with Gasteiger partial charge in [-0.3, -0.25) is 9.80 Å². The van der Waals surface area contributed by atoms with Crippen molar-refractivity contribution in [1.82, 2.24) is 9.80 Å². The molecule has 0 bridgehead atoms. The number of nitrogens with zero attached hydrogens (tertiary/aromatic N) is 3. The average Bonchev–Trinajstić information content (AvgIpc) is 2.88. The summed E-state index contributed by atoms with van der Waals surface area (Å²) in [4.78, 5) is 4.99. The summed E-state index contributed by atoms with van der Waals surface area (Å²) in [5, 5.41) is 8.86. The Morgan fingerprint density at radius 3 is 3.05 bits per heavy atom. The first kappa shape index (κ1) is 12.6. The molecule has 1 unspecified atom stereocenters. The summed E-state index contributed by atoms with van der Waals surface area (Å²) in [7, 11) is 0. The number of benzene rings is 1. The van der Waals surface area contributed by atoms with Crippen LogP contribution in [0.5, 0.6) is 0 Å². The number of hydrogen-bond donors (Lipinski definition) is 0. The van der Waals surface area contributed by atoms with Crippen LogP contribution in [-0.2, 0) is 6.54 Å². The Kier molecular flexibility index (Phi) is 3.50. The molecule has 2 aliphatic rings. The van der Waals surface area contributed by atoms with E-state index in [0.717, 1.165) is 31.7 Å². The van der Waals surface area contributed by atoms with Gasteiger partial charge in [-0.05, 0) is 37.1 Å². The van der Waals surface area contributed by atoms with Gasteiger partial charge in [-0.25, -0.2) is 4.39 Å². The van der Waals surface area contributed by atoms with Crippen LogP contribution in [0.4, 0.5) is 4.39 Å². The Hall–Kier alpha value is -1.44. The minimum atomic E-state index is -0.424. The summed E-state index contributed by atoms with van der Waals surface area (Å²) in [6, 6.07) is 7.48. The molecule has 3 rings (SSSR count). The first-order valence-corrected chi connectivity index (χ1v) is 6.91. The zero-order valence-corrected chi connectivity index (χ0v) is 11.0. The van der Waals surface area contributed by atoms with Crippen LogP contribution in [0.25, 0.3) is 0 Å². The first-order valence-electron chi connectivity index (χ1n) is 6.91. The lowest BCUT2D eigenvalue weighted by Gasteiger charge is -2.37. The van der Waals surface area contributed by atoms with Gasteiger partial charge in [0.25, 0.3) is 0 Å². The molecule has 3 nitrogen and oxygen atoms in total. The second-order valence-electron chi connectivity index (χ2n) is 5.49. The van der Waals surface area contributed by atoms with Gasteiger partial charge in [0, 0.05) is 32.2 Å². The number of piperazine rings is 1. The predicted octanol–water partition coefficient (Wildman–Crippen LogP) is 1.98. The number of halogens is 1. The average molecular weight is 259 g/mol. The molecule has 1 atom stereocenters. The van der Waals surface area contributed by atoms with Crippen LogP contribution in [0.1, 0.15) is 24.0 Å². The van der Waals surface area contributed by atoms with E-state index >= 15 is 0 Å². The Morgan fingerprint density at radius 1 is 1.32 bits per heavy atom. The Labute approximate surface area is 113 Å². The zero-order chi connectivity index (χ0) is 13.2. The van der Waals surface area contributed by atoms with E-state index in [0.29, 0.717) is 6.04 Å². The van der Waals surface area contributed by atoms with Gasteiger partial charge in [-0.2, -0.15) is 5.26 Å². The minimum Gasteiger partial charge on any atom is -0.298 e. The van der Waals surface area contributed by atoms with Gasteiger partial charge < -0.3 is 0 Å². The van der Waals surface area contributed by atoms with E-state index < -0.39 is 5.82 Å². The van der Waals surface area contributed by atoms with Crippen molar-refractivity contribution in [3.8, 4) is 6.07 Å². The highest BCUT2D eigenvalue weighted by atomic mass is 19.1. The number of rotatable bonds is 2. The molecule has 0 aliphatic carbocycles. The Morgan fingerprint density at radius 2 is 2.21 bits per heavy atom. The number of fused-ring (bicyclic) bond motifs is 1. The highest BCUT2D eigenvalue weighted by Crippen LogP contribution is 2.22. The van der Waals surface area contributed by atoms with Gasteiger partial charge in [0.2, 0.25) is 0 Å². The van der Waals surface area contributed by atoms with Crippen LogP contribution < -0.4 is 0 Å². The van der Waals surface area contributed by atoms with E-state index in [1.54, 1.807) is 12.1 Å². The lowest BCUT2D eigenvalue weighted by atomic mass is 10.1. The van der Waals surface area contributed by atoms with Gasteiger partial charge in [-0.1, -0.05) is 6.07 Å². The molecule has 2 heterocycles.